The van der Waals surface area contributed by atoms with Gasteiger partial charge < -0.3 is 0 Å². The van der Waals surface area contributed by atoms with Crippen molar-refractivity contribution in [2.75, 3.05) is 0 Å². The first kappa shape index (κ1) is 19.5. The highest BCUT2D eigenvalue weighted by Crippen LogP contribution is 2.33. The minimum absolute atomic E-state index is 0.862. The van der Waals surface area contributed by atoms with Crippen LogP contribution in [0.5, 0.6) is 0 Å². The maximum Gasteiger partial charge on any atom is -0.0233 e. The van der Waals surface area contributed by atoms with Gasteiger partial charge in [-0.1, -0.05) is 49.8 Å². The molecule has 0 aromatic carbocycles. The zero-order chi connectivity index (χ0) is 17.0. The fraction of sp³-hybridized carbons (Fsp3) is 0.750. The summed E-state index contributed by atoms with van der Waals surface area (Å²) in [5.74, 6) is 3.61. The van der Waals surface area contributed by atoms with Crippen molar-refractivity contribution in [1.29, 1.82) is 0 Å². The second-order valence-corrected chi connectivity index (χ2v) is 8.20. The first-order valence-corrected chi connectivity index (χ1v) is 10.8. The zero-order valence-electron chi connectivity index (χ0n) is 16.3. The van der Waals surface area contributed by atoms with Crippen LogP contribution in [0.25, 0.3) is 0 Å². The topological polar surface area (TPSA) is 0 Å². The molecule has 24 heavy (non-hydrogen) atoms. The zero-order valence-corrected chi connectivity index (χ0v) is 16.3. The Morgan fingerprint density at radius 2 is 1.17 bits per heavy atom. The lowest BCUT2D eigenvalue weighted by Crippen LogP contribution is -2.13. The summed E-state index contributed by atoms with van der Waals surface area (Å²) in [5.41, 5.74) is 0. The Morgan fingerprint density at radius 1 is 0.667 bits per heavy atom. The largest absolute Gasteiger partial charge is 0.0914 e. The molecular weight excluding hydrogens is 288 g/mol. The number of allylic oxidation sites excluding steroid dienone is 6. The highest BCUT2D eigenvalue weighted by atomic mass is 14.2. The highest BCUT2D eigenvalue weighted by Gasteiger charge is 2.19. The van der Waals surface area contributed by atoms with Crippen LogP contribution in [0, 0.1) is 23.7 Å². The molecule has 0 N–H and O–H groups in total. The first-order valence-electron chi connectivity index (χ1n) is 10.8. The van der Waals surface area contributed by atoms with Gasteiger partial charge in [-0.15, -0.1) is 0 Å². The molecule has 0 spiro atoms. The van der Waals surface area contributed by atoms with Crippen LogP contribution >= 0.6 is 0 Å². The Morgan fingerprint density at radius 3 is 1.71 bits per heavy atom. The summed E-state index contributed by atoms with van der Waals surface area (Å²) in [6, 6.07) is 0. The quantitative estimate of drug-likeness (QED) is 0.398. The van der Waals surface area contributed by atoms with Crippen LogP contribution < -0.4 is 0 Å². The molecule has 0 heteroatoms. The Hall–Kier alpha value is -0.780. The fourth-order valence-electron chi connectivity index (χ4n) is 4.55. The van der Waals surface area contributed by atoms with E-state index in [0.717, 1.165) is 23.7 Å². The summed E-state index contributed by atoms with van der Waals surface area (Å²) in [6.45, 7) is 4.42. The van der Waals surface area contributed by atoms with Gasteiger partial charge in [-0.25, -0.2) is 0 Å². The maximum atomic E-state index is 2.55. The average molecular weight is 329 g/mol. The van der Waals surface area contributed by atoms with Gasteiger partial charge in [0, 0.05) is 0 Å². The molecule has 2 fully saturated rings. The molecule has 2 aliphatic rings. The van der Waals surface area contributed by atoms with Crippen LogP contribution in [0.2, 0.25) is 0 Å². The lowest BCUT2D eigenvalue weighted by atomic mass is 9.79. The molecule has 0 saturated heterocycles. The first-order chi connectivity index (χ1) is 11.8. The number of hydrogen-bond donors (Lipinski definition) is 0. The molecule has 0 aromatic rings. The molecule has 0 amide bonds. The lowest BCUT2D eigenvalue weighted by molar-refractivity contribution is 0.297. The van der Waals surface area contributed by atoms with Gasteiger partial charge in [0.1, 0.15) is 0 Å². The van der Waals surface area contributed by atoms with E-state index in [4.69, 9.17) is 0 Å². The van der Waals surface area contributed by atoms with E-state index >= 15 is 0 Å². The maximum absolute atomic E-state index is 2.55. The molecule has 0 aromatic heterocycles. The van der Waals surface area contributed by atoms with E-state index in [-0.39, 0.29) is 0 Å². The standard InChI is InChI=1S/C24H40/c1-3-5-6-10-22-17-19-24(20-18-22)12-8-7-11-23-15-13-21(9-4-2)14-16-23/h4,6-7,9-11,21-24H,3,5,8,12-20H2,1-2H3. The summed E-state index contributed by atoms with van der Waals surface area (Å²) < 4.78 is 0. The third-order valence-electron chi connectivity index (χ3n) is 6.19. The van der Waals surface area contributed by atoms with Gasteiger partial charge in [-0.3, -0.25) is 0 Å². The van der Waals surface area contributed by atoms with Crippen LogP contribution in [0.1, 0.15) is 90.9 Å². The molecule has 2 aliphatic carbocycles. The van der Waals surface area contributed by atoms with Crippen molar-refractivity contribution in [2.45, 2.75) is 90.9 Å². The third-order valence-corrected chi connectivity index (χ3v) is 6.19. The van der Waals surface area contributed by atoms with E-state index in [9.17, 15) is 0 Å². The van der Waals surface area contributed by atoms with Crippen molar-refractivity contribution in [1.82, 2.24) is 0 Å². The van der Waals surface area contributed by atoms with Crippen molar-refractivity contribution in [2.24, 2.45) is 23.7 Å². The molecule has 136 valence electrons. The molecule has 2 saturated carbocycles. The number of unbranched alkanes of at least 4 members (excludes halogenated alkanes) is 1. The van der Waals surface area contributed by atoms with Crippen LogP contribution in [0.15, 0.2) is 36.5 Å². The van der Waals surface area contributed by atoms with Crippen LogP contribution in [0.3, 0.4) is 0 Å². The molecule has 0 bridgehead atoms. The second kappa shape index (κ2) is 11.7. The van der Waals surface area contributed by atoms with Crippen LogP contribution in [-0.4, -0.2) is 0 Å². The van der Waals surface area contributed by atoms with Crippen molar-refractivity contribution in [3.63, 3.8) is 0 Å². The molecule has 2 rings (SSSR count). The van der Waals surface area contributed by atoms with Gasteiger partial charge in [0.25, 0.3) is 0 Å². The molecule has 0 aliphatic heterocycles. The van der Waals surface area contributed by atoms with Crippen molar-refractivity contribution >= 4 is 0 Å². The Bertz CT molecular complexity index is 384. The summed E-state index contributed by atoms with van der Waals surface area (Å²) in [4.78, 5) is 0. The molecular formula is C24H40. The average Bonchev–Trinajstić information content (AvgIpc) is 2.62. The predicted molar refractivity (Wildman–Crippen MR) is 108 cm³/mol. The van der Waals surface area contributed by atoms with E-state index in [2.05, 4.69) is 50.3 Å². The van der Waals surface area contributed by atoms with E-state index in [1.54, 1.807) is 0 Å². The molecule has 0 unspecified atom stereocenters. The van der Waals surface area contributed by atoms with Gasteiger partial charge in [-0.05, 0) is 101 Å². The normalized spacial score (nSPS) is 32.2. The van der Waals surface area contributed by atoms with Gasteiger partial charge in [0.15, 0.2) is 0 Å². The van der Waals surface area contributed by atoms with E-state index < -0.39 is 0 Å². The van der Waals surface area contributed by atoms with Gasteiger partial charge in [0.05, 0.1) is 0 Å². The van der Waals surface area contributed by atoms with E-state index in [1.165, 1.54) is 77.0 Å². The van der Waals surface area contributed by atoms with E-state index in [0.29, 0.717) is 0 Å². The number of hydrogen-bond acceptors (Lipinski definition) is 0. The second-order valence-electron chi connectivity index (χ2n) is 8.20. The molecule has 0 atom stereocenters. The van der Waals surface area contributed by atoms with Crippen molar-refractivity contribution in [3.05, 3.63) is 36.5 Å². The Balaban J connectivity index is 1.55. The smallest absolute Gasteiger partial charge is 0.0233 e. The molecule has 0 radical (unpaired) electrons. The SMILES string of the molecule is CC=CC1CCC(C=CCCC2CCC(C=CCCC)CC2)CC1. The summed E-state index contributed by atoms with van der Waals surface area (Å²) >= 11 is 0. The summed E-state index contributed by atoms with van der Waals surface area (Å²) in [6.07, 6.45) is 31.3. The summed E-state index contributed by atoms with van der Waals surface area (Å²) in [5, 5.41) is 0. The Kier molecular flexibility index (Phi) is 9.54. The number of rotatable bonds is 8. The minimum Gasteiger partial charge on any atom is -0.0914 e. The monoisotopic (exact) mass is 328 g/mol. The van der Waals surface area contributed by atoms with Crippen molar-refractivity contribution < 1.29 is 0 Å². The van der Waals surface area contributed by atoms with Gasteiger partial charge in [0.2, 0.25) is 0 Å². The predicted octanol–water partition coefficient (Wildman–Crippen LogP) is 7.87. The van der Waals surface area contributed by atoms with Crippen molar-refractivity contribution in [3.8, 4) is 0 Å². The summed E-state index contributed by atoms with van der Waals surface area (Å²) in [7, 11) is 0. The van der Waals surface area contributed by atoms with Gasteiger partial charge in [-0.2, -0.15) is 0 Å². The van der Waals surface area contributed by atoms with E-state index in [1.807, 2.05) is 0 Å². The molecule has 0 nitrogen and oxygen atoms in total. The van der Waals surface area contributed by atoms with Crippen LogP contribution in [0.4, 0.5) is 0 Å². The van der Waals surface area contributed by atoms with Gasteiger partial charge >= 0.3 is 0 Å². The minimum atomic E-state index is 0.862. The molecule has 0 heterocycles. The Labute approximate surface area is 151 Å². The third kappa shape index (κ3) is 7.41. The fourth-order valence-corrected chi connectivity index (χ4v) is 4.55. The highest BCUT2D eigenvalue weighted by molar-refractivity contribution is 4.96. The lowest BCUT2D eigenvalue weighted by Gasteiger charge is -2.26. The van der Waals surface area contributed by atoms with Crippen LogP contribution in [-0.2, 0) is 0 Å².